The van der Waals surface area contributed by atoms with E-state index in [1.54, 1.807) is 24.4 Å². The summed E-state index contributed by atoms with van der Waals surface area (Å²) in [6.45, 7) is 0. The van der Waals surface area contributed by atoms with E-state index in [4.69, 9.17) is 9.47 Å². The van der Waals surface area contributed by atoms with E-state index in [9.17, 15) is 20.2 Å². The molecule has 0 amide bonds. The molecule has 166 valence electrons. The zero-order chi connectivity index (χ0) is 23.4. The molecular weight excluding hydrogens is 450 g/mol. The van der Waals surface area contributed by atoms with Crippen LogP contribution >= 0.6 is 11.3 Å². The molecule has 0 unspecified atom stereocenters. The molecule has 12 heteroatoms. The molecule has 0 aliphatic heterocycles. The smallest absolute Gasteiger partial charge is 0.318 e. The van der Waals surface area contributed by atoms with Crippen LogP contribution in [0.3, 0.4) is 0 Å². The van der Waals surface area contributed by atoms with Crippen molar-refractivity contribution in [1.29, 1.82) is 0 Å². The molecule has 1 N–H and O–H groups in total. The largest absolute Gasteiger partial charge is 0.493 e. The highest BCUT2D eigenvalue weighted by atomic mass is 32.1. The zero-order valence-corrected chi connectivity index (χ0v) is 17.8. The highest BCUT2D eigenvalue weighted by Gasteiger charge is 2.22. The number of nitrogens with one attached hydrogen (secondary N) is 1. The lowest BCUT2D eigenvalue weighted by molar-refractivity contribution is -0.394. The van der Waals surface area contributed by atoms with Gasteiger partial charge in [0.2, 0.25) is 10.9 Å². The third-order valence-corrected chi connectivity index (χ3v) is 5.37. The summed E-state index contributed by atoms with van der Waals surface area (Å²) in [5.41, 5.74) is 3.49. The van der Waals surface area contributed by atoms with Crippen molar-refractivity contribution in [1.82, 2.24) is 4.98 Å². The van der Waals surface area contributed by atoms with Gasteiger partial charge < -0.3 is 9.47 Å². The molecule has 0 bridgehead atoms. The molecule has 0 atom stereocenters. The summed E-state index contributed by atoms with van der Waals surface area (Å²) in [6, 6.07) is 15.8. The second kappa shape index (κ2) is 9.28. The number of ether oxygens (including phenoxy) is 2. The lowest BCUT2D eigenvalue weighted by Crippen LogP contribution is -1.98. The summed E-state index contributed by atoms with van der Waals surface area (Å²) < 4.78 is 12.0. The number of aromatic nitrogens is 1. The molecule has 33 heavy (non-hydrogen) atoms. The summed E-state index contributed by atoms with van der Waals surface area (Å²) in [5.74, 6) is 0.347. The van der Waals surface area contributed by atoms with Gasteiger partial charge in [0.15, 0.2) is 11.5 Å². The molecule has 1 heterocycles. The lowest BCUT2D eigenvalue weighted by atomic mass is 10.2. The first-order valence-electron chi connectivity index (χ1n) is 9.38. The van der Waals surface area contributed by atoms with E-state index in [1.807, 2.05) is 24.3 Å². The Kier molecular flexibility index (Phi) is 6.09. The number of benzene rings is 3. The van der Waals surface area contributed by atoms with Crippen molar-refractivity contribution in [3.05, 3.63) is 86.5 Å². The first kappa shape index (κ1) is 21.6. The number of fused-ring (bicyclic) bond motifs is 1. The van der Waals surface area contributed by atoms with Gasteiger partial charge in [-0.05, 0) is 42.0 Å². The van der Waals surface area contributed by atoms with Gasteiger partial charge in [-0.15, -0.1) is 0 Å². The van der Waals surface area contributed by atoms with Crippen molar-refractivity contribution in [3.63, 3.8) is 0 Å². The number of nitro groups is 2. The average molecular weight is 465 g/mol. The van der Waals surface area contributed by atoms with Gasteiger partial charge in [0.25, 0.3) is 5.69 Å². The van der Waals surface area contributed by atoms with Crippen LogP contribution in [0.1, 0.15) is 5.56 Å². The van der Waals surface area contributed by atoms with Gasteiger partial charge in [-0.2, -0.15) is 5.10 Å². The summed E-state index contributed by atoms with van der Waals surface area (Å²) >= 11 is 1.47. The van der Waals surface area contributed by atoms with Crippen molar-refractivity contribution in [3.8, 4) is 17.2 Å². The van der Waals surface area contributed by atoms with Crippen LogP contribution in [0.2, 0.25) is 0 Å². The second-order valence-electron chi connectivity index (χ2n) is 6.54. The minimum atomic E-state index is -0.746. The number of hydrogen-bond donors (Lipinski definition) is 1. The number of non-ortho nitro benzene ring substituents is 1. The number of hydrogen-bond acceptors (Lipinski definition) is 10. The van der Waals surface area contributed by atoms with Gasteiger partial charge in [-0.1, -0.05) is 23.5 Å². The van der Waals surface area contributed by atoms with Gasteiger partial charge in [-0.25, -0.2) is 4.98 Å². The van der Waals surface area contributed by atoms with Crippen LogP contribution in [-0.4, -0.2) is 28.2 Å². The fourth-order valence-corrected chi connectivity index (χ4v) is 3.71. The summed E-state index contributed by atoms with van der Waals surface area (Å²) in [7, 11) is 1.42. The summed E-state index contributed by atoms with van der Waals surface area (Å²) in [6.07, 6.45) is 1.56. The topological polar surface area (TPSA) is 142 Å². The Hall–Kier alpha value is -4.58. The summed E-state index contributed by atoms with van der Waals surface area (Å²) in [5, 5.41) is 27.1. The molecule has 11 nitrogen and oxygen atoms in total. The molecule has 3 aromatic carbocycles. The van der Waals surface area contributed by atoms with Gasteiger partial charge in [0.1, 0.15) is 0 Å². The first-order valence-corrected chi connectivity index (χ1v) is 10.2. The van der Waals surface area contributed by atoms with Crippen LogP contribution in [0.25, 0.3) is 10.2 Å². The monoisotopic (exact) mass is 465 g/mol. The predicted molar refractivity (Wildman–Crippen MR) is 124 cm³/mol. The third kappa shape index (κ3) is 4.85. The maximum Gasteiger partial charge on any atom is 0.318 e. The maximum atomic E-state index is 11.3. The normalized spacial score (nSPS) is 10.9. The Morgan fingerprint density at radius 3 is 2.52 bits per heavy atom. The number of anilines is 1. The van der Waals surface area contributed by atoms with E-state index < -0.39 is 21.2 Å². The van der Waals surface area contributed by atoms with E-state index in [-0.39, 0.29) is 11.5 Å². The Morgan fingerprint density at radius 2 is 1.79 bits per heavy atom. The Labute approximate surface area is 190 Å². The molecule has 0 aliphatic carbocycles. The quantitative estimate of drug-likeness (QED) is 0.208. The number of para-hydroxylation sites is 1. The van der Waals surface area contributed by atoms with E-state index in [0.717, 1.165) is 22.3 Å². The second-order valence-corrected chi connectivity index (χ2v) is 7.57. The fraction of sp³-hybridized carbons (Fsp3) is 0.0476. The molecule has 0 fully saturated rings. The van der Waals surface area contributed by atoms with E-state index in [1.165, 1.54) is 24.5 Å². The highest BCUT2D eigenvalue weighted by molar-refractivity contribution is 7.22. The third-order valence-electron chi connectivity index (χ3n) is 4.43. The number of nitro benzene ring substituents is 2. The number of rotatable bonds is 8. The van der Waals surface area contributed by atoms with E-state index >= 15 is 0 Å². The zero-order valence-electron chi connectivity index (χ0n) is 17.0. The Bertz CT molecular complexity index is 1350. The number of methoxy groups -OCH3 is 1. The summed E-state index contributed by atoms with van der Waals surface area (Å²) in [4.78, 5) is 25.2. The van der Waals surface area contributed by atoms with Crippen LogP contribution in [0.4, 0.5) is 16.5 Å². The van der Waals surface area contributed by atoms with E-state index in [0.29, 0.717) is 16.4 Å². The van der Waals surface area contributed by atoms with Crippen LogP contribution < -0.4 is 14.9 Å². The van der Waals surface area contributed by atoms with Crippen molar-refractivity contribution in [2.45, 2.75) is 0 Å². The molecule has 4 aromatic rings. The number of thiazole rings is 1. The van der Waals surface area contributed by atoms with Gasteiger partial charge >= 0.3 is 5.69 Å². The van der Waals surface area contributed by atoms with E-state index in [2.05, 4.69) is 15.5 Å². The standard InChI is InChI=1S/C21H15N5O6S/c1-31-19-10-13(12-22-24-21-23-15-4-2-3-5-20(15)33-21)6-8-18(19)32-17-9-7-14(25(27)28)11-16(17)26(29)30/h2-12H,1H3,(H,23,24). The maximum absolute atomic E-state index is 11.3. The molecule has 0 spiro atoms. The first-order chi connectivity index (χ1) is 15.9. The Balaban J connectivity index is 1.52. The van der Waals surface area contributed by atoms with Crippen molar-refractivity contribution in [2.75, 3.05) is 12.5 Å². The SMILES string of the molecule is COc1cc(C=NNc2nc3ccccc3s2)ccc1Oc1ccc([N+](=O)[O-])cc1[N+](=O)[O-]. The van der Waals surface area contributed by atoms with Crippen molar-refractivity contribution < 1.29 is 19.3 Å². The average Bonchev–Trinajstić information content (AvgIpc) is 3.22. The van der Waals surface area contributed by atoms with Crippen LogP contribution in [0.5, 0.6) is 17.2 Å². The van der Waals surface area contributed by atoms with Gasteiger partial charge in [0, 0.05) is 6.07 Å². The van der Waals surface area contributed by atoms with Crippen molar-refractivity contribution >= 4 is 44.3 Å². The fourth-order valence-electron chi connectivity index (χ4n) is 2.90. The molecule has 0 radical (unpaired) electrons. The highest BCUT2D eigenvalue weighted by Crippen LogP contribution is 2.38. The van der Waals surface area contributed by atoms with Gasteiger partial charge in [-0.3, -0.25) is 25.7 Å². The molecule has 0 aliphatic rings. The predicted octanol–water partition coefficient (Wildman–Crippen LogP) is 5.36. The molecule has 1 aromatic heterocycles. The van der Waals surface area contributed by atoms with Crippen molar-refractivity contribution in [2.24, 2.45) is 5.10 Å². The van der Waals surface area contributed by atoms with Crippen LogP contribution in [-0.2, 0) is 0 Å². The Morgan fingerprint density at radius 1 is 1.00 bits per heavy atom. The molecular formula is C21H15N5O6S. The number of hydrazone groups is 1. The lowest BCUT2D eigenvalue weighted by Gasteiger charge is -2.11. The minimum Gasteiger partial charge on any atom is -0.493 e. The molecule has 4 rings (SSSR count). The molecule has 0 saturated carbocycles. The van der Waals surface area contributed by atoms with Crippen LogP contribution in [0, 0.1) is 20.2 Å². The minimum absolute atomic E-state index is 0.150. The van der Waals surface area contributed by atoms with Crippen LogP contribution in [0.15, 0.2) is 65.8 Å². The molecule has 0 saturated heterocycles. The van der Waals surface area contributed by atoms with Gasteiger partial charge in [0.05, 0.1) is 39.5 Å². The number of nitrogens with zero attached hydrogens (tertiary/aromatic N) is 4.